The van der Waals surface area contributed by atoms with Crippen LogP contribution in [0.5, 0.6) is 0 Å². The third-order valence-corrected chi connectivity index (χ3v) is 6.45. The molecule has 2 heterocycles. The van der Waals surface area contributed by atoms with Gasteiger partial charge >= 0.3 is 5.97 Å². The molecule has 1 N–H and O–H groups in total. The highest BCUT2D eigenvalue weighted by Gasteiger charge is 2.29. The van der Waals surface area contributed by atoms with E-state index in [4.69, 9.17) is 9.26 Å². The van der Waals surface area contributed by atoms with Gasteiger partial charge < -0.3 is 9.26 Å². The van der Waals surface area contributed by atoms with Crippen LogP contribution in [0.1, 0.15) is 17.9 Å². The van der Waals surface area contributed by atoms with E-state index in [1.54, 1.807) is 25.1 Å². The number of nitrogens with one attached hydrogen (secondary N) is 1. The van der Waals surface area contributed by atoms with Crippen molar-refractivity contribution in [3.05, 3.63) is 35.7 Å². The zero-order chi connectivity index (χ0) is 20.1. The Morgan fingerprint density at radius 3 is 2.93 bits per heavy atom. The van der Waals surface area contributed by atoms with Gasteiger partial charge in [0.05, 0.1) is 17.4 Å². The monoisotopic (exact) mass is 442 g/mol. The first kappa shape index (κ1) is 20.7. The van der Waals surface area contributed by atoms with Gasteiger partial charge in [0.1, 0.15) is 22.0 Å². The van der Waals surface area contributed by atoms with Crippen molar-refractivity contribution in [3.8, 4) is 0 Å². The Balaban J connectivity index is 1.77. The summed E-state index contributed by atoms with van der Waals surface area (Å²) in [5, 5.41) is 3.72. The Morgan fingerprint density at radius 1 is 1.39 bits per heavy atom. The normalized spacial score (nSPS) is 12.9. The minimum absolute atomic E-state index is 0.0217. The van der Waals surface area contributed by atoms with Crippen LogP contribution in [-0.2, 0) is 26.2 Å². The highest BCUT2D eigenvalue weighted by molar-refractivity contribution is 7.98. The number of thioether (sulfide) groups is 1. The van der Waals surface area contributed by atoms with Crippen LogP contribution in [0.15, 0.2) is 33.7 Å². The van der Waals surface area contributed by atoms with Crippen LogP contribution in [0.4, 0.5) is 0 Å². The number of carbonyl (C=O) groups excluding carboxylic acids is 1. The molecule has 0 fully saturated rings. The Labute approximate surface area is 170 Å². The largest absolute Gasteiger partial charge is 0.456 e. The average molecular weight is 443 g/mol. The molecule has 1 aromatic carbocycles. The van der Waals surface area contributed by atoms with Crippen molar-refractivity contribution >= 4 is 50.5 Å². The van der Waals surface area contributed by atoms with Gasteiger partial charge in [-0.25, -0.2) is 8.42 Å². The molecule has 0 spiro atoms. The fourth-order valence-corrected chi connectivity index (χ4v) is 4.89. The van der Waals surface area contributed by atoms with Crippen LogP contribution in [0.3, 0.4) is 0 Å². The van der Waals surface area contributed by atoms with Crippen molar-refractivity contribution in [1.82, 2.24) is 18.6 Å². The van der Waals surface area contributed by atoms with E-state index in [0.717, 1.165) is 11.7 Å². The van der Waals surface area contributed by atoms with E-state index in [-0.39, 0.29) is 23.4 Å². The molecule has 3 aromatic rings. The number of carbonyl (C=O) groups is 1. The lowest BCUT2D eigenvalue weighted by Crippen LogP contribution is -2.42. The summed E-state index contributed by atoms with van der Waals surface area (Å²) in [5.41, 5.74) is 1.42. The summed E-state index contributed by atoms with van der Waals surface area (Å²) in [6.45, 7) is 1.63. The minimum Gasteiger partial charge on any atom is -0.456 e. The van der Waals surface area contributed by atoms with E-state index in [1.807, 2.05) is 6.26 Å². The number of ether oxygens (including phenoxy) is 1. The lowest BCUT2D eigenvalue weighted by molar-refractivity contribution is -0.147. The molecule has 2 aromatic heterocycles. The van der Waals surface area contributed by atoms with Gasteiger partial charge in [0, 0.05) is 6.07 Å². The summed E-state index contributed by atoms with van der Waals surface area (Å²) >= 11 is 2.43. The molecule has 1 atom stereocenters. The Bertz CT molecular complexity index is 1060. The third kappa shape index (κ3) is 4.87. The fourth-order valence-electron chi connectivity index (χ4n) is 2.44. The van der Waals surface area contributed by atoms with E-state index in [0.29, 0.717) is 22.7 Å². The molecule has 0 aliphatic carbocycles. The second-order valence-corrected chi connectivity index (χ2v) is 9.08. The first-order chi connectivity index (χ1) is 13.4. The topological polar surface area (TPSA) is 124 Å². The van der Waals surface area contributed by atoms with E-state index < -0.39 is 22.0 Å². The predicted molar refractivity (Wildman–Crippen MR) is 106 cm³/mol. The van der Waals surface area contributed by atoms with Gasteiger partial charge in [-0.3, -0.25) is 4.79 Å². The van der Waals surface area contributed by atoms with E-state index in [1.165, 1.54) is 17.8 Å². The number of fused-ring (bicyclic) bond motifs is 1. The summed E-state index contributed by atoms with van der Waals surface area (Å²) in [6.07, 6.45) is 2.15. The molecule has 28 heavy (non-hydrogen) atoms. The predicted octanol–water partition coefficient (Wildman–Crippen LogP) is 2.13. The molecule has 0 radical (unpaired) electrons. The summed E-state index contributed by atoms with van der Waals surface area (Å²) < 4.78 is 46.5. The van der Waals surface area contributed by atoms with Crippen molar-refractivity contribution in [1.29, 1.82) is 0 Å². The second kappa shape index (κ2) is 8.99. The number of benzene rings is 1. The number of sulfonamides is 1. The zero-order valence-corrected chi connectivity index (χ0v) is 17.6. The molecular formula is C16H18N4O5S3. The molecular weight excluding hydrogens is 424 g/mol. The van der Waals surface area contributed by atoms with Gasteiger partial charge in [0.15, 0.2) is 12.4 Å². The van der Waals surface area contributed by atoms with Gasteiger partial charge in [-0.2, -0.15) is 25.2 Å². The average Bonchev–Trinajstić information content (AvgIpc) is 3.31. The molecule has 12 heteroatoms. The smallest absolute Gasteiger partial charge is 0.324 e. The Kier molecular flexibility index (Phi) is 6.65. The molecule has 0 aliphatic rings. The lowest BCUT2D eigenvalue weighted by Gasteiger charge is -2.17. The second-order valence-electron chi connectivity index (χ2n) is 5.89. The van der Waals surface area contributed by atoms with Crippen LogP contribution in [0.25, 0.3) is 11.0 Å². The molecule has 9 nitrogen and oxygen atoms in total. The zero-order valence-electron chi connectivity index (χ0n) is 15.1. The van der Waals surface area contributed by atoms with E-state index >= 15 is 0 Å². The molecule has 0 saturated carbocycles. The fraction of sp³-hybridized carbons (Fsp3) is 0.375. The Morgan fingerprint density at radius 2 is 2.21 bits per heavy atom. The maximum absolute atomic E-state index is 12.9. The van der Waals surface area contributed by atoms with Crippen LogP contribution in [0.2, 0.25) is 0 Å². The van der Waals surface area contributed by atoms with Crippen molar-refractivity contribution in [3.63, 3.8) is 0 Å². The first-order valence-electron chi connectivity index (χ1n) is 8.22. The highest BCUT2D eigenvalue weighted by Crippen LogP contribution is 2.21. The van der Waals surface area contributed by atoms with Gasteiger partial charge in [0.25, 0.3) is 0 Å². The maximum atomic E-state index is 12.9. The molecule has 3 rings (SSSR count). The summed E-state index contributed by atoms with van der Waals surface area (Å²) in [5.74, 6) is 0.275. The standard InChI is InChI=1S/C16H18N4O5S3/c1-10-8-11(25-17-10)9-24-16(21)13(6-7-26-2)20-28(22,23)14-5-3-4-12-15(14)19-27-18-12/h3-5,8,13,20H,6-7,9H2,1-2H3. The van der Waals surface area contributed by atoms with Gasteiger partial charge in [-0.05, 0) is 37.5 Å². The minimum atomic E-state index is -4.00. The molecule has 0 bridgehead atoms. The van der Waals surface area contributed by atoms with Crippen molar-refractivity contribution in [2.45, 2.75) is 30.9 Å². The third-order valence-electron chi connectivity index (χ3n) is 3.76. The van der Waals surface area contributed by atoms with Crippen molar-refractivity contribution in [2.24, 2.45) is 0 Å². The summed E-state index contributed by atoms with van der Waals surface area (Å²) in [6, 6.07) is 5.30. The van der Waals surface area contributed by atoms with Crippen molar-refractivity contribution < 1.29 is 22.5 Å². The molecule has 1 unspecified atom stereocenters. The Hall–Kier alpha value is -2.02. The number of aromatic nitrogens is 3. The number of rotatable bonds is 9. The van der Waals surface area contributed by atoms with Gasteiger partial charge in [-0.15, -0.1) is 0 Å². The number of nitrogens with zero attached hydrogens (tertiary/aromatic N) is 3. The number of esters is 1. The SMILES string of the molecule is CSCCC(NS(=O)(=O)c1cccc2nsnc12)C(=O)OCc1cc(C)no1. The molecule has 150 valence electrons. The highest BCUT2D eigenvalue weighted by atomic mass is 32.2. The molecule has 0 aliphatic heterocycles. The summed E-state index contributed by atoms with van der Waals surface area (Å²) in [4.78, 5) is 12.5. The van der Waals surface area contributed by atoms with Crippen LogP contribution < -0.4 is 4.72 Å². The molecule has 0 saturated heterocycles. The van der Waals surface area contributed by atoms with Crippen LogP contribution >= 0.6 is 23.5 Å². The van der Waals surface area contributed by atoms with Gasteiger partial charge in [0.2, 0.25) is 10.0 Å². The van der Waals surface area contributed by atoms with E-state index in [9.17, 15) is 13.2 Å². The number of hydrogen-bond donors (Lipinski definition) is 1. The van der Waals surface area contributed by atoms with Crippen LogP contribution in [-0.4, -0.2) is 46.3 Å². The first-order valence-corrected chi connectivity index (χ1v) is 11.8. The maximum Gasteiger partial charge on any atom is 0.324 e. The van der Waals surface area contributed by atoms with Crippen LogP contribution in [0, 0.1) is 6.92 Å². The summed E-state index contributed by atoms with van der Waals surface area (Å²) in [7, 11) is -4.00. The molecule has 0 amide bonds. The van der Waals surface area contributed by atoms with Crippen molar-refractivity contribution in [2.75, 3.05) is 12.0 Å². The van der Waals surface area contributed by atoms with Gasteiger partial charge in [-0.1, -0.05) is 11.2 Å². The van der Waals surface area contributed by atoms with E-state index in [2.05, 4.69) is 18.6 Å². The number of hydrogen-bond acceptors (Lipinski definition) is 10. The number of aryl methyl sites for hydroxylation is 1. The lowest BCUT2D eigenvalue weighted by atomic mass is 10.2. The quantitative estimate of drug-likeness (QED) is 0.496.